The smallest absolute Gasteiger partial charge is 0.349 e. The fraction of sp³-hybridized carbons (Fsp3) is 0.0667. The van der Waals surface area contributed by atoms with E-state index in [4.69, 9.17) is 0 Å². The van der Waals surface area contributed by atoms with Gasteiger partial charge in [0.25, 0.3) is 0 Å². The Morgan fingerprint density at radius 2 is 1.14 bits per heavy atom. The standard InChI is InChI=1S/C30H14F2O5/c31-22-11-14(9-18-24(33)13-25(34)26(18)22)30(15-10-19-27(23(32)12-15)29(36)37-28(19)35)20-7-3-1-5-16(20)17-6-2-4-8-21(17)30/h1-12H,13H2. The maximum absolute atomic E-state index is 15.5. The maximum atomic E-state index is 15.5. The van der Waals surface area contributed by atoms with Gasteiger partial charge in [0.15, 0.2) is 11.6 Å². The second kappa shape index (κ2) is 7.13. The number of carbonyl (C=O) groups excluding carboxylic acids is 4. The van der Waals surface area contributed by atoms with Gasteiger partial charge in [-0.3, -0.25) is 9.59 Å². The van der Waals surface area contributed by atoms with Crippen molar-refractivity contribution >= 4 is 23.5 Å². The molecule has 1 heterocycles. The molecule has 0 saturated heterocycles. The molecule has 0 unspecified atom stereocenters. The summed E-state index contributed by atoms with van der Waals surface area (Å²) in [5, 5.41) is 0. The summed E-state index contributed by atoms with van der Waals surface area (Å²) in [5.74, 6) is -4.92. The predicted molar refractivity (Wildman–Crippen MR) is 127 cm³/mol. The van der Waals surface area contributed by atoms with Gasteiger partial charge in [0.1, 0.15) is 17.2 Å². The van der Waals surface area contributed by atoms with Crippen LogP contribution in [0.3, 0.4) is 0 Å². The highest BCUT2D eigenvalue weighted by molar-refractivity contribution is 6.24. The second-order valence-electron chi connectivity index (χ2n) is 9.30. The van der Waals surface area contributed by atoms with Crippen molar-refractivity contribution < 1.29 is 32.7 Å². The first kappa shape index (κ1) is 21.5. The first-order valence-corrected chi connectivity index (χ1v) is 11.5. The van der Waals surface area contributed by atoms with E-state index < -0.39 is 52.5 Å². The summed E-state index contributed by atoms with van der Waals surface area (Å²) in [6, 6.07) is 19.9. The number of hydrogen-bond acceptors (Lipinski definition) is 5. The molecule has 178 valence electrons. The van der Waals surface area contributed by atoms with Crippen LogP contribution >= 0.6 is 0 Å². The number of Topliss-reactive ketones (excluding diaryl/α,β-unsaturated/α-hetero) is 2. The summed E-state index contributed by atoms with van der Waals surface area (Å²) >= 11 is 0. The van der Waals surface area contributed by atoms with Crippen molar-refractivity contribution in [3.8, 4) is 11.1 Å². The summed E-state index contributed by atoms with van der Waals surface area (Å²) in [6.45, 7) is 0. The Morgan fingerprint density at radius 1 is 0.595 bits per heavy atom. The van der Waals surface area contributed by atoms with Crippen LogP contribution in [-0.4, -0.2) is 23.5 Å². The van der Waals surface area contributed by atoms with E-state index in [1.165, 1.54) is 18.2 Å². The molecule has 5 nitrogen and oxygen atoms in total. The van der Waals surface area contributed by atoms with Crippen molar-refractivity contribution in [2.75, 3.05) is 0 Å². The highest BCUT2D eigenvalue weighted by atomic mass is 19.1. The Balaban J connectivity index is 1.65. The summed E-state index contributed by atoms with van der Waals surface area (Å²) < 4.78 is 35.6. The molecule has 4 aromatic rings. The number of ketones is 2. The van der Waals surface area contributed by atoms with Crippen molar-refractivity contribution in [1.29, 1.82) is 0 Å². The summed E-state index contributed by atoms with van der Waals surface area (Å²) in [6.07, 6.45) is -0.419. The zero-order chi connectivity index (χ0) is 25.6. The molecule has 2 aliphatic carbocycles. The summed E-state index contributed by atoms with van der Waals surface area (Å²) in [7, 11) is 0. The van der Waals surface area contributed by atoms with Gasteiger partial charge in [0, 0.05) is 5.56 Å². The van der Waals surface area contributed by atoms with Crippen LogP contribution in [0.1, 0.15) is 70.1 Å². The number of esters is 2. The molecule has 7 rings (SSSR count). The minimum absolute atomic E-state index is 0.0301. The quantitative estimate of drug-likeness (QED) is 0.243. The number of ether oxygens (including phenoxy) is 1. The van der Waals surface area contributed by atoms with E-state index in [0.29, 0.717) is 16.7 Å². The van der Waals surface area contributed by atoms with Crippen LogP contribution in [0.2, 0.25) is 0 Å². The molecule has 37 heavy (non-hydrogen) atoms. The lowest BCUT2D eigenvalue weighted by molar-refractivity contribution is 0.0441. The lowest BCUT2D eigenvalue weighted by Gasteiger charge is -2.34. The molecule has 0 fully saturated rings. The molecule has 0 atom stereocenters. The number of fused-ring (bicyclic) bond motifs is 5. The molecular formula is C30H14F2O5. The fourth-order valence-corrected chi connectivity index (χ4v) is 6.06. The predicted octanol–water partition coefficient (Wildman–Crippen LogP) is 5.41. The van der Waals surface area contributed by atoms with Crippen LogP contribution in [0, 0.1) is 11.6 Å². The SMILES string of the molecule is O=C1CC(=O)c2c(F)cc(C3(c4cc(F)c5c(c4)C(=O)OC5=O)c4ccccc4-c4ccccc43)cc21. The van der Waals surface area contributed by atoms with Crippen LogP contribution < -0.4 is 0 Å². The Labute approximate surface area is 208 Å². The Bertz CT molecular complexity index is 1650. The molecule has 0 saturated carbocycles. The zero-order valence-corrected chi connectivity index (χ0v) is 18.9. The third-order valence-corrected chi connectivity index (χ3v) is 7.51. The number of benzene rings is 4. The minimum atomic E-state index is -1.36. The first-order valence-electron chi connectivity index (χ1n) is 11.5. The Kier molecular flexibility index (Phi) is 4.14. The van der Waals surface area contributed by atoms with Crippen LogP contribution in [0.15, 0.2) is 72.8 Å². The monoisotopic (exact) mass is 492 g/mol. The third kappa shape index (κ3) is 2.60. The van der Waals surface area contributed by atoms with E-state index >= 15 is 8.78 Å². The molecule has 0 N–H and O–H groups in total. The number of cyclic esters (lactones) is 2. The number of hydrogen-bond donors (Lipinski definition) is 0. The van der Waals surface area contributed by atoms with Gasteiger partial charge in [-0.25, -0.2) is 18.4 Å². The number of rotatable bonds is 2. The van der Waals surface area contributed by atoms with E-state index in [1.807, 2.05) is 36.4 Å². The van der Waals surface area contributed by atoms with Gasteiger partial charge in [-0.2, -0.15) is 0 Å². The van der Waals surface area contributed by atoms with Gasteiger partial charge in [0.2, 0.25) is 0 Å². The van der Waals surface area contributed by atoms with Crippen molar-refractivity contribution in [1.82, 2.24) is 0 Å². The van der Waals surface area contributed by atoms with Crippen molar-refractivity contribution in [2.45, 2.75) is 11.8 Å². The van der Waals surface area contributed by atoms with E-state index in [-0.39, 0.29) is 22.3 Å². The molecule has 0 spiro atoms. The van der Waals surface area contributed by atoms with Gasteiger partial charge in [-0.05, 0) is 57.6 Å². The largest absolute Gasteiger partial charge is 0.386 e. The van der Waals surface area contributed by atoms with Gasteiger partial charge in [0.05, 0.1) is 23.0 Å². The van der Waals surface area contributed by atoms with Crippen LogP contribution in [0.4, 0.5) is 8.78 Å². The molecule has 1 aliphatic heterocycles. The average Bonchev–Trinajstić information content (AvgIpc) is 3.46. The van der Waals surface area contributed by atoms with E-state index in [2.05, 4.69) is 4.74 Å². The molecule has 7 heteroatoms. The topological polar surface area (TPSA) is 77.5 Å². The zero-order valence-electron chi connectivity index (χ0n) is 18.9. The van der Waals surface area contributed by atoms with E-state index in [1.54, 1.807) is 12.1 Å². The molecule has 4 aromatic carbocycles. The van der Waals surface area contributed by atoms with E-state index in [9.17, 15) is 19.2 Å². The number of halogens is 2. The highest BCUT2D eigenvalue weighted by Gasteiger charge is 2.49. The third-order valence-electron chi connectivity index (χ3n) is 7.51. The maximum Gasteiger partial charge on any atom is 0.349 e. The molecule has 0 bridgehead atoms. The van der Waals surface area contributed by atoms with Crippen LogP contribution in [0.5, 0.6) is 0 Å². The van der Waals surface area contributed by atoms with Crippen molar-refractivity contribution in [3.63, 3.8) is 0 Å². The average molecular weight is 492 g/mol. The minimum Gasteiger partial charge on any atom is -0.386 e. The van der Waals surface area contributed by atoms with Crippen LogP contribution in [-0.2, 0) is 10.2 Å². The van der Waals surface area contributed by atoms with Crippen molar-refractivity contribution in [2.24, 2.45) is 0 Å². The van der Waals surface area contributed by atoms with Crippen LogP contribution in [0.25, 0.3) is 11.1 Å². The molecule has 0 radical (unpaired) electrons. The second-order valence-corrected chi connectivity index (χ2v) is 9.30. The summed E-state index contributed by atoms with van der Waals surface area (Å²) in [5.41, 5.74) is 1.17. The molecule has 0 aromatic heterocycles. The lowest BCUT2D eigenvalue weighted by Crippen LogP contribution is -2.30. The van der Waals surface area contributed by atoms with Crippen molar-refractivity contribution in [3.05, 3.63) is 129 Å². The van der Waals surface area contributed by atoms with Gasteiger partial charge in [-0.15, -0.1) is 0 Å². The summed E-state index contributed by atoms with van der Waals surface area (Å²) in [4.78, 5) is 49.6. The Hall–Kier alpha value is -4.78. The lowest BCUT2D eigenvalue weighted by atomic mass is 9.67. The normalized spacial score (nSPS) is 16.4. The molecule has 3 aliphatic rings. The molecule has 0 amide bonds. The Morgan fingerprint density at radius 3 is 1.76 bits per heavy atom. The number of carbonyl (C=O) groups is 4. The fourth-order valence-electron chi connectivity index (χ4n) is 6.06. The first-order chi connectivity index (χ1) is 17.8. The highest BCUT2D eigenvalue weighted by Crippen LogP contribution is 2.57. The van der Waals surface area contributed by atoms with E-state index in [0.717, 1.165) is 17.2 Å². The van der Waals surface area contributed by atoms with Gasteiger partial charge >= 0.3 is 11.9 Å². The van der Waals surface area contributed by atoms with Gasteiger partial charge < -0.3 is 4.74 Å². The molecular weight excluding hydrogens is 478 g/mol. The van der Waals surface area contributed by atoms with Gasteiger partial charge in [-0.1, -0.05) is 48.5 Å².